The van der Waals surface area contributed by atoms with Gasteiger partial charge >= 0.3 is 0 Å². The number of ether oxygens (including phenoxy) is 1. The molecule has 3 N–H and O–H groups in total. The highest BCUT2D eigenvalue weighted by Crippen LogP contribution is 2.25. The van der Waals surface area contributed by atoms with E-state index in [1.807, 2.05) is 18.2 Å². The summed E-state index contributed by atoms with van der Waals surface area (Å²) in [5.74, 6) is 0.102. The highest BCUT2D eigenvalue weighted by Gasteiger charge is 2.19. The van der Waals surface area contributed by atoms with Gasteiger partial charge < -0.3 is 20.6 Å². The van der Waals surface area contributed by atoms with Gasteiger partial charge in [0.2, 0.25) is 0 Å². The first-order valence-corrected chi connectivity index (χ1v) is 7.59. The molecule has 0 aliphatic carbocycles. The first kappa shape index (κ1) is 15.1. The SMILES string of the molecule is CCN(CC1CCCO1)c1ccc(/C(N)=N/O)c(Br)c1. The molecule has 0 amide bonds. The van der Waals surface area contributed by atoms with Crippen molar-refractivity contribution in [2.75, 3.05) is 24.6 Å². The lowest BCUT2D eigenvalue weighted by molar-refractivity contribution is 0.115. The molecule has 1 saturated heterocycles. The van der Waals surface area contributed by atoms with Gasteiger partial charge in [-0.05, 0) is 53.9 Å². The number of benzene rings is 1. The van der Waals surface area contributed by atoms with Crippen molar-refractivity contribution in [1.82, 2.24) is 0 Å². The molecule has 1 aliphatic heterocycles. The monoisotopic (exact) mass is 341 g/mol. The lowest BCUT2D eigenvalue weighted by Gasteiger charge is -2.26. The van der Waals surface area contributed by atoms with E-state index in [0.29, 0.717) is 11.7 Å². The van der Waals surface area contributed by atoms with Crippen molar-refractivity contribution in [2.24, 2.45) is 10.9 Å². The van der Waals surface area contributed by atoms with Crippen molar-refractivity contribution < 1.29 is 9.94 Å². The predicted octanol–water partition coefficient (Wildman–Crippen LogP) is 2.55. The number of halogens is 1. The molecule has 1 aromatic carbocycles. The zero-order valence-corrected chi connectivity index (χ0v) is 13.1. The first-order chi connectivity index (χ1) is 9.65. The van der Waals surface area contributed by atoms with E-state index in [0.717, 1.165) is 42.7 Å². The maximum Gasteiger partial charge on any atom is 0.171 e. The molecule has 6 heteroatoms. The molecule has 110 valence electrons. The van der Waals surface area contributed by atoms with Crippen LogP contribution in [0, 0.1) is 0 Å². The van der Waals surface area contributed by atoms with Crippen molar-refractivity contribution >= 4 is 27.5 Å². The summed E-state index contributed by atoms with van der Waals surface area (Å²) < 4.78 is 6.51. The van der Waals surface area contributed by atoms with Crippen LogP contribution in [-0.4, -0.2) is 36.8 Å². The third kappa shape index (κ3) is 3.43. The van der Waals surface area contributed by atoms with Crippen LogP contribution in [0.4, 0.5) is 5.69 Å². The van der Waals surface area contributed by atoms with Crippen LogP contribution in [0.3, 0.4) is 0 Å². The van der Waals surface area contributed by atoms with Crippen LogP contribution in [0.1, 0.15) is 25.3 Å². The number of hydrogen-bond acceptors (Lipinski definition) is 4. The number of nitrogens with zero attached hydrogens (tertiary/aromatic N) is 2. The van der Waals surface area contributed by atoms with Gasteiger partial charge in [0.25, 0.3) is 0 Å². The third-order valence-corrected chi connectivity index (χ3v) is 4.19. The summed E-state index contributed by atoms with van der Waals surface area (Å²) >= 11 is 3.47. The van der Waals surface area contributed by atoms with Gasteiger partial charge in [0, 0.05) is 35.4 Å². The first-order valence-electron chi connectivity index (χ1n) is 6.79. The van der Waals surface area contributed by atoms with E-state index in [1.165, 1.54) is 0 Å². The Kier molecular flexibility index (Phi) is 5.25. The molecule has 5 nitrogen and oxygen atoms in total. The largest absolute Gasteiger partial charge is 0.409 e. The molecule has 1 aliphatic rings. The van der Waals surface area contributed by atoms with Crippen LogP contribution >= 0.6 is 15.9 Å². The van der Waals surface area contributed by atoms with E-state index in [-0.39, 0.29) is 5.84 Å². The van der Waals surface area contributed by atoms with Gasteiger partial charge in [-0.2, -0.15) is 0 Å². The molecule has 1 unspecified atom stereocenters. The highest BCUT2D eigenvalue weighted by molar-refractivity contribution is 9.10. The molecule has 1 aromatic rings. The summed E-state index contributed by atoms with van der Waals surface area (Å²) in [4.78, 5) is 2.27. The smallest absolute Gasteiger partial charge is 0.171 e. The van der Waals surface area contributed by atoms with E-state index in [9.17, 15) is 0 Å². The second-order valence-corrected chi connectivity index (χ2v) is 5.68. The van der Waals surface area contributed by atoms with Gasteiger partial charge in [-0.3, -0.25) is 0 Å². The maximum atomic E-state index is 8.74. The van der Waals surface area contributed by atoms with E-state index in [2.05, 4.69) is 32.9 Å². The Bertz CT molecular complexity index is 487. The maximum absolute atomic E-state index is 8.74. The van der Waals surface area contributed by atoms with Gasteiger partial charge in [-0.1, -0.05) is 5.16 Å². The Labute approximate surface area is 127 Å². The molecule has 1 fully saturated rings. The molecule has 0 radical (unpaired) electrons. The van der Waals surface area contributed by atoms with Gasteiger partial charge in [0.05, 0.1) is 6.10 Å². The average molecular weight is 342 g/mol. The van der Waals surface area contributed by atoms with Gasteiger partial charge in [-0.25, -0.2) is 0 Å². The Hall–Kier alpha value is -1.27. The Morgan fingerprint density at radius 2 is 2.40 bits per heavy atom. The molecular formula is C14H20BrN3O2. The normalized spacial score (nSPS) is 19.3. The quantitative estimate of drug-likeness (QED) is 0.373. The van der Waals surface area contributed by atoms with Crippen LogP contribution in [0.5, 0.6) is 0 Å². The molecule has 20 heavy (non-hydrogen) atoms. The fraction of sp³-hybridized carbons (Fsp3) is 0.500. The van der Waals surface area contributed by atoms with Crippen molar-refractivity contribution in [1.29, 1.82) is 0 Å². The molecule has 1 atom stereocenters. The second kappa shape index (κ2) is 6.95. The third-order valence-electron chi connectivity index (χ3n) is 3.53. The fourth-order valence-corrected chi connectivity index (χ4v) is 2.98. The van der Waals surface area contributed by atoms with Crippen LogP contribution < -0.4 is 10.6 Å². The Morgan fingerprint density at radius 3 is 2.95 bits per heavy atom. The van der Waals surface area contributed by atoms with Crippen LogP contribution in [0.15, 0.2) is 27.8 Å². The van der Waals surface area contributed by atoms with Crippen molar-refractivity contribution in [3.8, 4) is 0 Å². The minimum absolute atomic E-state index is 0.102. The average Bonchev–Trinajstić information content (AvgIpc) is 2.96. The molecule has 1 heterocycles. The topological polar surface area (TPSA) is 71.1 Å². The Balaban J connectivity index is 2.15. The number of likely N-dealkylation sites (N-methyl/N-ethyl adjacent to an activating group) is 1. The highest BCUT2D eigenvalue weighted by atomic mass is 79.9. The predicted molar refractivity (Wildman–Crippen MR) is 83.5 cm³/mol. The van der Waals surface area contributed by atoms with E-state index >= 15 is 0 Å². The van der Waals surface area contributed by atoms with Crippen molar-refractivity contribution in [3.05, 3.63) is 28.2 Å². The Morgan fingerprint density at radius 1 is 1.60 bits per heavy atom. The number of nitrogens with two attached hydrogens (primary N) is 1. The zero-order chi connectivity index (χ0) is 14.5. The van der Waals surface area contributed by atoms with Gasteiger partial charge in [-0.15, -0.1) is 0 Å². The molecule has 0 bridgehead atoms. The number of hydrogen-bond donors (Lipinski definition) is 2. The summed E-state index contributed by atoms with van der Waals surface area (Å²) in [7, 11) is 0. The summed E-state index contributed by atoms with van der Waals surface area (Å²) in [6.07, 6.45) is 2.59. The summed E-state index contributed by atoms with van der Waals surface area (Å²) in [6.45, 7) is 4.80. The lowest BCUT2D eigenvalue weighted by Crippen LogP contribution is -2.32. The fourth-order valence-electron chi connectivity index (χ4n) is 2.41. The lowest BCUT2D eigenvalue weighted by atomic mass is 10.1. The number of anilines is 1. The summed E-state index contributed by atoms with van der Waals surface area (Å²) in [6, 6.07) is 5.83. The van der Waals surface area contributed by atoms with Crippen LogP contribution in [0.2, 0.25) is 0 Å². The minimum Gasteiger partial charge on any atom is -0.409 e. The van der Waals surface area contributed by atoms with Crippen LogP contribution in [0.25, 0.3) is 0 Å². The zero-order valence-electron chi connectivity index (χ0n) is 11.6. The van der Waals surface area contributed by atoms with Crippen LogP contribution in [-0.2, 0) is 4.74 Å². The van der Waals surface area contributed by atoms with E-state index in [4.69, 9.17) is 15.7 Å². The summed E-state index contributed by atoms with van der Waals surface area (Å²) in [5.41, 5.74) is 7.41. The second-order valence-electron chi connectivity index (χ2n) is 4.82. The van der Waals surface area contributed by atoms with Gasteiger partial charge in [0.1, 0.15) is 0 Å². The molecule has 0 saturated carbocycles. The standard InChI is InChI=1S/C14H20BrN3O2/c1-2-18(9-11-4-3-7-20-11)10-5-6-12(13(15)8-10)14(16)17-19/h5-6,8,11,19H,2-4,7,9H2,1H3,(H2,16,17). The molecule has 0 spiro atoms. The summed E-state index contributed by atoms with van der Waals surface area (Å²) in [5, 5.41) is 11.8. The van der Waals surface area contributed by atoms with Gasteiger partial charge in [0.15, 0.2) is 5.84 Å². The minimum atomic E-state index is 0.102. The van der Waals surface area contributed by atoms with E-state index in [1.54, 1.807) is 0 Å². The van der Waals surface area contributed by atoms with Crippen molar-refractivity contribution in [2.45, 2.75) is 25.9 Å². The number of oxime groups is 1. The van der Waals surface area contributed by atoms with E-state index < -0.39 is 0 Å². The van der Waals surface area contributed by atoms with Crippen molar-refractivity contribution in [3.63, 3.8) is 0 Å². The molecule has 2 rings (SSSR count). The number of rotatable bonds is 5. The molecule has 0 aromatic heterocycles. The number of amidine groups is 1. The molecular weight excluding hydrogens is 322 g/mol.